The van der Waals surface area contributed by atoms with Gasteiger partial charge >= 0.3 is 5.97 Å². The van der Waals surface area contributed by atoms with E-state index in [1.807, 2.05) is 30.3 Å². The summed E-state index contributed by atoms with van der Waals surface area (Å²) in [6.07, 6.45) is 0.302. The Morgan fingerprint density at radius 2 is 1.81 bits per heavy atom. The van der Waals surface area contributed by atoms with Crippen LogP contribution < -0.4 is 5.32 Å². The lowest BCUT2D eigenvalue weighted by Gasteiger charge is -2.23. The number of aromatic carboxylic acids is 1. The Balaban J connectivity index is 1.94. The molecule has 6 heteroatoms. The van der Waals surface area contributed by atoms with E-state index in [1.165, 1.54) is 11.3 Å². The number of halogens is 1. The number of hydrogen-bond acceptors (Lipinski definition) is 3. The van der Waals surface area contributed by atoms with Crippen molar-refractivity contribution in [3.63, 3.8) is 0 Å². The SMILES string of the molecule is O=C1C[C@H](c2ccccc2)c2sc(C(=O)O)c(-c3ccc(Cl)cc3)c2N1. The number of carboxylic acid groups (broad SMARTS) is 1. The van der Waals surface area contributed by atoms with Crippen molar-refractivity contribution in [1.82, 2.24) is 0 Å². The number of hydrogen-bond donors (Lipinski definition) is 2. The Bertz CT molecular complexity index is 996. The first kappa shape index (κ1) is 16.8. The molecule has 3 aromatic rings. The number of nitrogens with one attached hydrogen (secondary N) is 1. The van der Waals surface area contributed by atoms with E-state index >= 15 is 0 Å². The third kappa shape index (κ3) is 2.89. The first-order valence-corrected chi connectivity index (χ1v) is 9.24. The van der Waals surface area contributed by atoms with Crippen molar-refractivity contribution in [2.75, 3.05) is 5.32 Å². The molecule has 2 heterocycles. The molecular formula is C20H14ClNO3S. The van der Waals surface area contributed by atoms with Crippen LogP contribution in [-0.4, -0.2) is 17.0 Å². The predicted molar refractivity (Wildman–Crippen MR) is 103 cm³/mol. The second kappa shape index (κ2) is 6.59. The maximum atomic E-state index is 12.4. The summed E-state index contributed by atoms with van der Waals surface area (Å²) < 4.78 is 0. The number of carboxylic acids is 1. The van der Waals surface area contributed by atoms with Gasteiger partial charge in [-0.2, -0.15) is 0 Å². The van der Waals surface area contributed by atoms with Crippen molar-refractivity contribution in [3.05, 3.63) is 74.9 Å². The highest BCUT2D eigenvalue weighted by Crippen LogP contribution is 2.49. The molecule has 2 aromatic carbocycles. The number of carbonyl (C=O) groups excluding carboxylic acids is 1. The summed E-state index contributed by atoms with van der Waals surface area (Å²) in [5.41, 5.74) is 2.87. The molecule has 4 rings (SSSR count). The van der Waals surface area contributed by atoms with E-state index < -0.39 is 5.97 Å². The fourth-order valence-corrected chi connectivity index (χ4v) is 4.66. The van der Waals surface area contributed by atoms with E-state index in [1.54, 1.807) is 24.3 Å². The molecule has 0 unspecified atom stereocenters. The van der Waals surface area contributed by atoms with Gasteiger partial charge in [0.25, 0.3) is 0 Å². The van der Waals surface area contributed by atoms with Gasteiger partial charge in [-0.3, -0.25) is 4.79 Å². The summed E-state index contributed by atoms with van der Waals surface area (Å²) in [5, 5.41) is 13.2. The van der Waals surface area contributed by atoms with E-state index in [4.69, 9.17) is 11.6 Å². The zero-order chi connectivity index (χ0) is 18.3. The highest BCUT2D eigenvalue weighted by molar-refractivity contribution is 7.15. The lowest BCUT2D eigenvalue weighted by atomic mass is 9.89. The van der Waals surface area contributed by atoms with Gasteiger partial charge in [0.2, 0.25) is 5.91 Å². The minimum absolute atomic E-state index is 0.115. The molecule has 0 saturated heterocycles. The maximum absolute atomic E-state index is 12.4. The molecule has 0 spiro atoms. The van der Waals surface area contributed by atoms with Gasteiger partial charge < -0.3 is 10.4 Å². The second-order valence-electron chi connectivity index (χ2n) is 6.07. The van der Waals surface area contributed by atoms with Crippen molar-refractivity contribution in [2.24, 2.45) is 0 Å². The Morgan fingerprint density at radius 1 is 1.12 bits per heavy atom. The molecule has 1 atom stereocenters. The summed E-state index contributed by atoms with van der Waals surface area (Å²) in [7, 11) is 0. The number of thiophene rings is 1. The zero-order valence-corrected chi connectivity index (χ0v) is 15.1. The van der Waals surface area contributed by atoms with Gasteiger partial charge in [-0.25, -0.2) is 4.79 Å². The molecule has 1 amide bonds. The van der Waals surface area contributed by atoms with Crippen LogP contribution in [0.25, 0.3) is 11.1 Å². The molecule has 26 heavy (non-hydrogen) atoms. The average molecular weight is 384 g/mol. The zero-order valence-electron chi connectivity index (χ0n) is 13.5. The van der Waals surface area contributed by atoms with Crippen LogP contribution in [-0.2, 0) is 4.79 Å². The fraction of sp³-hybridized carbons (Fsp3) is 0.100. The Hall–Kier alpha value is -2.63. The van der Waals surface area contributed by atoms with E-state index in [-0.39, 0.29) is 16.7 Å². The standard InChI is InChI=1S/C20H14ClNO3S/c21-13-8-6-12(7-9-13)16-17-18(26-19(16)20(24)25)14(10-15(23)22-17)11-4-2-1-3-5-11/h1-9,14H,10H2,(H,22,23)(H,24,25)/t14-/m1/s1. The van der Waals surface area contributed by atoms with Crippen molar-refractivity contribution < 1.29 is 14.7 Å². The van der Waals surface area contributed by atoms with Gasteiger partial charge in [0, 0.05) is 27.8 Å². The number of carbonyl (C=O) groups is 2. The van der Waals surface area contributed by atoms with Crippen LogP contribution in [0.5, 0.6) is 0 Å². The molecule has 1 aliphatic rings. The van der Waals surface area contributed by atoms with Crippen molar-refractivity contribution in [3.8, 4) is 11.1 Å². The monoisotopic (exact) mass is 383 g/mol. The quantitative estimate of drug-likeness (QED) is 0.649. The Labute approximate surface area is 159 Å². The minimum atomic E-state index is -1.00. The number of benzene rings is 2. The van der Waals surface area contributed by atoms with Gasteiger partial charge in [0.1, 0.15) is 4.88 Å². The van der Waals surface area contributed by atoms with E-state index in [0.717, 1.165) is 16.0 Å². The highest BCUT2D eigenvalue weighted by atomic mass is 35.5. The van der Waals surface area contributed by atoms with Gasteiger partial charge in [-0.05, 0) is 23.3 Å². The third-order valence-electron chi connectivity index (χ3n) is 4.43. The molecule has 0 radical (unpaired) electrons. The number of rotatable bonds is 3. The number of anilines is 1. The van der Waals surface area contributed by atoms with E-state index in [2.05, 4.69) is 5.32 Å². The van der Waals surface area contributed by atoms with Crippen LogP contribution >= 0.6 is 22.9 Å². The smallest absolute Gasteiger partial charge is 0.346 e. The summed E-state index contributed by atoms with van der Waals surface area (Å²) in [6.45, 7) is 0. The van der Waals surface area contributed by atoms with Crippen LogP contribution in [0.4, 0.5) is 5.69 Å². The lowest BCUT2D eigenvalue weighted by molar-refractivity contribution is -0.116. The van der Waals surface area contributed by atoms with E-state index in [0.29, 0.717) is 22.7 Å². The molecule has 0 fully saturated rings. The molecule has 4 nitrogen and oxygen atoms in total. The average Bonchev–Trinajstić information content (AvgIpc) is 3.02. The topological polar surface area (TPSA) is 66.4 Å². The largest absolute Gasteiger partial charge is 0.477 e. The predicted octanol–water partition coefficient (Wildman–Crippen LogP) is 5.24. The van der Waals surface area contributed by atoms with Gasteiger partial charge in [-0.1, -0.05) is 54.1 Å². The Kier molecular flexibility index (Phi) is 4.26. The number of amides is 1. The Morgan fingerprint density at radius 3 is 2.46 bits per heavy atom. The summed E-state index contributed by atoms with van der Waals surface area (Å²) in [6, 6.07) is 16.7. The summed E-state index contributed by atoms with van der Waals surface area (Å²) in [5.74, 6) is -1.27. The van der Waals surface area contributed by atoms with E-state index in [9.17, 15) is 14.7 Å². The van der Waals surface area contributed by atoms with Crippen molar-refractivity contribution >= 4 is 40.5 Å². The minimum Gasteiger partial charge on any atom is -0.477 e. The molecule has 0 aliphatic carbocycles. The molecule has 130 valence electrons. The molecule has 0 bridgehead atoms. The molecule has 1 aliphatic heterocycles. The van der Waals surface area contributed by atoms with Crippen LogP contribution in [0.3, 0.4) is 0 Å². The first-order valence-electron chi connectivity index (χ1n) is 8.05. The van der Waals surface area contributed by atoms with Crippen molar-refractivity contribution in [1.29, 1.82) is 0 Å². The van der Waals surface area contributed by atoms with Crippen molar-refractivity contribution in [2.45, 2.75) is 12.3 Å². The van der Waals surface area contributed by atoms with Crippen LogP contribution in [0.2, 0.25) is 5.02 Å². The van der Waals surface area contributed by atoms with Crippen LogP contribution in [0, 0.1) is 0 Å². The molecule has 0 saturated carbocycles. The molecular weight excluding hydrogens is 370 g/mol. The van der Waals surface area contributed by atoms with Gasteiger partial charge in [-0.15, -0.1) is 11.3 Å². The van der Waals surface area contributed by atoms with Gasteiger partial charge in [0.05, 0.1) is 5.69 Å². The highest BCUT2D eigenvalue weighted by Gasteiger charge is 2.34. The maximum Gasteiger partial charge on any atom is 0.346 e. The third-order valence-corrected chi connectivity index (χ3v) is 5.98. The summed E-state index contributed by atoms with van der Waals surface area (Å²) >= 11 is 7.19. The molecule has 2 N–H and O–H groups in total. The van der Waals surface area contributed by atoms with Gasteiger partial charge in [0.15, 0.2) is 0 Å². The van der Waals surface area contributed by atoms with Crippen LogP contribution in [0.1, 0.15) is 32.5 Å². The fourth-order valence-electron chi connectivity index (χ4n) is 3.28. The van der Waals surface area contributed by atoms with Crippen LogP contribution in [0.15, 0.2) is 54.6 Å². The first-order chi connectivity index (χ1) is 12.5. The molecule has 1 aromatic heterocycles. The summed E-state index contributed by atoms with van der Waals surface area (Å²) in [4.78, 5) is 25.3. The lowest BCUT2D eigenvalue weighted by Crippen LogP contribution is -2.22. The normalized spacial score (nSPS) is 16.0. The number of fused-ring (bicyclic) bond motifs is 1. The second-order valence-corrected chi connectivity index (χ2v) is 7.56.